The van der Waals surface area contributed by atoms with Crippen molar-refractivity contribution in [1.29, 1.82) is 0 Å². The lowest BCUT2D eigenvalue weighted by molar-refractivity contribution is 0.0870. The summed E-state index contributed by atoms with van der Waals surface area (Å²) in [6.45, 7) is 2.00. The predicted octanol–water partition coefficient (Wildman–Crippen LogP) is 3.58. The van der Waals surface area contributed by atoms with E-state index >= 15 is 0 Å². The van der Waals surface area contributed by atoms with Crippen LogP contribution < -0.4 is 0 Å². The smallest absolute Gasteiger partial charge is 0.179 e. The summed E-state index contributed by atoms with van der Waals surface area (Å²) in [6, 6.07) is 20.3. The lowest BCUT2D eigenvalue weighted by Crippen LogP contribution is -2.37. The van der Waals surface area contributed by atoms with Crippen LogP contribution in [0.15, 0.2) is 60.7 Å². The molecule has 1 aliphatic rings. The Labute approximate surface area is 126 Å². The van der Waals surface area contributed by atoms with Gasteiger partial charge < -0.3 is 0 Å². The maximum Gasteiger partial charge on any atom is 0.179 e. The van der Waals surface area contributed by atoms with E-state index in [0.29, 0.717) is 0 Å². The second kappa shape index (κ2) is 6.68. The van der Waals surface area contributed by atoms with Crippen molar-refractivity contribution < 1.29 is 4.79 Å². The molecule has 108 valence electrons. The third-order valence-corrected chi connectivity index (χ3v) is 4.26. The van der Waals surface area contributed by atoms with Crippen molar-refractivity contribution in [3.05, 3.63) is 71.8 Å². The second-order valence-electron chi connectivity index (χ2n) is 5.66. The second-order valence-corrected chi connectivity index (χ2v) is 5.66. The number of carbonyl (C=O) groups excluding carboxylic acids is 1. The van der Waals surface area contributed by atoms with Crippen LogP contribution in [0.1, 0.15) is 28.8 Å². The highest BCUT2D eigenvalue weighted by molar-refractivity contribution is 6.00. The van der Waals surface area contributed by atoms with Gasteiger partial charge in [0.15, 0.2) is 5.78 Å². The van der Waals surface area contributed by atoms with Crippen molar-refractivity contribution in [1.82, 2.24) is 4.90 Å². The Morgan fingerprint density at radius 2 is 1.67 bits per heavy atom. The SMILES string of the molecule is O=C(c1ccccc1)C1CCCN1CCc1ccccc1. The molecule has 2 heteroatoms. The van der Waals surface area contributed by atoms with Crippen molar-refractivity contribution in [2.24, 2.45) is 0 Å². The molecule has 1 saturated heterocycles. The quantitative estimate of drug-likeness (QED) is 0.780. The van der Waals surface area contributed by atoms with Gasteiger partial charge in [0.2, 0.25) is 0 Å². The highest BCUT2D eigenvalue weighted by Crippen LogP contribution is 2.21. The molecule has 0 N–H and O–H groups in total. The topological polar surface area (TPSA) is 20.3 Å². The number of hydrogen-bond donors (Lipinski definition) is 0. The number of Topliss-reactive ketones (excluding diaryl/α,β-unsaturated/α-hetero) is 1. The van der Waals surface area contributed by atoms with Crippen molar-refractivity contribution in [3.63, 3.8) is 0 Å². The fraction of sp³-hybridized carbons (Fsp3) is 0.316. The fourth-order valence-corrected chi connectivity index (χ4v) is 3.10. The highest BCUT2D eigenvalue weighted by atomic mass is 16.1. The van der Waals surface area contributed by atoms with Gasteiger partial charge in [-0.1, -0.05) is 60.7 Å². The first-order chi connectivity index (χ1) is 10.3. The first-order valence-electron chi connectivity index (χ1n) is 7.72. The van der Waals surface area contributed by atoms with E-state index in [1.54, 1.807) is 0 Å². The largest absolute Gasteiger partial charge is 0.293 e. The summed E-state index contributed by atoms with van der Waals surface area (Å²) in [4.78, 5) is 15.0. The molecule has 0 aromatic heterocycles. The standard InChI is InChI=1S/C19H21NO/c21-19(17-10-5-2-6-11-17)18-12-7-14-20(18)15-13-16-8-3-1-4-9-16/h1-6,8-11,18H,7,12-15H2. The molecule has 0 amide bonds. The van der Waals surface area contributed by atoms with Crippen LogP contribution in [0.5, 0.6) is 0 Å². The van der Waals surface area contributed by atoms with E-state index in [-0.39, 0.29) is 11.8 Å². The van der Waals surface area contributed by atoms with Gasteiger partial charge in [-0.3, -0.25) is 9.69 Å². The average molecular weight is 279 g/mol. The molecular weight excluding hydrogens is 258 g/mol. The van der Waals surface area contributed by atoms with Crippen LogP contribution in [0.3, 0.4) is 0 Å². The Morgan fingerprint density at radius 3 is 2.38 bits per heavy atom. The van der Waals surface area contributed by atoms with E-state index < -0.39 is 0 Å². The highest BCUT2D eigenvalue weighted by Gasteiger charge is 2.30. The summed E-state index contributed by atoms with van der Waals surface area (Å²) >= 11 is 0. The lowest BCUT2D eigenvalue weighted by Gasteiger charge is -2.23. The number of nitrogens with zero attached hydrogens (tertiary/aromatic N) is 1. The number of benzene rings is 2. The Balaban J connectivity index is 1.64. The number of carbonyl (C=O) groups is 1. The van der Waals surface area contributed by atoms with Gasteiger partial charge in [-0.05, 0) is 31.4 Å². The lowest BCUT2D eigenvalue weighted by atomic mass is 10.0. The molecule has 0 aliphatic carbocycles. The van der Waals surface area contributed by atoms with Crippen LogP contribution in [0.2, 0.25) is 0 Å². The molecule has 2 aromatic carbocycles. The minimum atomic E-state index is 0.0658. The maximum atomic E-state index is 12.6. The van der Waals surface area contributed by atoms with Gasteiger partial charge in [0.1, 0.15) is 0 Å². The molecule has 0 radical (unpaired) electrons. The van der Waals surface area contributed by atoms with E-state index in [0.717, 1.165) is 37.9 Å². The van der Waals surface area contributed by atoms with Gasteiger partial charge in [-0.15, -0.1) is 0 Å². The number of likely N-dealkylation sites (tertiary alicyclic amines) is 1. The first kappa shape index (κ1) is 14.0. The Kier molecular flexibility index (Phi) is 4.46. The zero-order valence-electron chi connectivity index (χ0n) is 12.2. The maximum absolute atomic E-state index is 12.6. The molecule has 1 aliphatic heterocycles. The molecule has 0 saturated carbocycles. The van der Waals surface area contributed by atoms with E-state index in [2.05, 4.69) is 29.2 Å². The summed E-state index contributed by atoms with van der Waals surface area (Å²) in [5.74, 6) is 0.279. The molecule has 21 heavy (non-hydrogen) atoms. The average Bonchev–Trinajstić information content (AvgIpc) is 3.02. The third kappa shape index (κ3) is 3.40. The molecule has 2 aromatic rings. The summed E-state index contributed by atoms with van der Waals surface area (Å²) in [6.07, 6.45) is 3.12. The van der Waals surface area contributed by atoms with E-state index in [1.807, 2.05) is 36.4 Å². The van der Waals surface area contributed by atoms with Crippen LogP contribution >= 0.6 is 0 Å². The number of ketones is 1. The van der Waals surface area contributed by atoms with Crippen molar-refractivity contribution in [3.8, 4) is 0 Å². The molecule has 1 heterocycles. The Hall–Kier alpha value is -1.93. The number of hydrogen-bond acceptors (Lipinski definition) is 2. The molecular formula is C19H21NO. The molecule has 0 spiro atoms. The van der Waals surface area contributed by atoms with Gasteiger partial charge in [0, 0.05) is 12.1 Å². The van der Waals surface area contributed by atoms with Gasteiger partial charge in [-0.25, -0.2) is 0 Å². The van der Waals surface area contributed by atoms with Crippen LogP contribution in [-0.4, -0.2) is 29.8 Å². The molecule has 1 fully saturated rings. The van der Waals surface area contributed by atoms with Crippen LogP contribution in [0.25, 0.3) is 0 Å². The third-order valence-electron chi connectivity index (χ3n) is 4.26. The Morgan fingerprint density at radius 1 is 1.00 bits per heavy atom. The van der Waals surface area contributed by atoms with Crippen molar-refractivity contribution >= 4 is 5.78 Å². The zero-order chi connectivity index (χ0) is 14.5. The molecule has 1 atom stereocenters. The minimum Gasteiger partial charge on any atom is -0.293 e. The van der Waals surface area contributed by atoms with Gasteiger partial charge in [0.25, 0.3) is 0 Å². The van der Waals surface area contributed by atoms with Crippen LogP contribution in [0, 0.1) is 0 Å². The Bertz CT molecular complexity index is 579. The molecule has 1 unspecified atom stereocenters. The zero-order valence-corrected chi connectivity index (χ0v) is 12.2. The van der Waals surface area contributed by atoms with Crippen LogP contribution in [-0.2, 0) is 6.42 Å². The van der Waals surface area contributed by atoms with Crippen molar-refractivity contribution in [2.45, 2.75) is 25.3 Å². The minimum absolute atomic E-state index is 0.0658. The molecule has 0 bridgehead atoms. The van der Waals surface area contributed by atoms with E-state index in [4.69, 9.17) is 0 Å². The van der Waals surface area contributed by atoms with Gasteiger partial charge >= 0.3 is 0 Å². The normalized spacial score (nSPS) is 18.8. The van der Waals surface area contributed by atoms with Crippen LogP contribution in [0.4, 0.5) is 0 Å². The molecule has 2 nitrogen and oxygen atoms in total. The fourth-order valence-electron chi connectivity index (χ4n) is 3.10. The monoisotopic (exact) mass is 279 g/mol. The van der Waals surface area contributed by atoms with Gasteiger partial charge in [-0.2, -0.15) is 0 Å². The van der Waals surface area contributed by atoms with Gasteiger partial charge in [0.05, 0.1) is 6.04 Å². The predicted molar refractivity (Wildman–Crippen MR) is 85.5 cm³/mol. The van der Waals surface area contributed by atoms with Crippen molar-refractivity contribution in [2.75, 3.05) is 13.1 Å². The number of rotatable bonds is 5. The summed E-state index contributed by atoms with van der Waals surface area (Å²) in [7, 11) is 0. The summed E-state index contributed by atoms with van der Waals surface area (Å²) in [5, 5.41) is 0. The first-order valence-corrected chi connectivity index (χ1v) is 7.72. The van der Waals surface area contributed by atoms with E-state index in [1.165, 1.54) is 5.56 Å². The van der Waals surface area contributed by atoms with E-state index in [9.17, 15) is 4.79 Å². The summed E-state index contributed by atoms with van der Waals surface area (Å²) < 4.78 is 0. The molecule has 3 rings (SSSR count). The summed E-state index contributed by atoms with van der Waals surface area (Å²) in [5.41, 5.74) is 2.18.